The molecule has 0 aliphatic heterocycles. The van der Waals surface area contributed by atoms with Gasteiger partial charge in [0, 0.05) is 6.54 Å². The molecule has 10 heteroatoms. The molecule has 31 heavy (non-hydrogen) atoms. The number of carbonyl (C=O) groups excluding carboxylic acids is 2. The molecule has 0 atom stereocenters. The fourth-order valence-corrected chi connectivity index (χ4v) is 2.88. The van der Waals surface area contributed by atoms with E-state index in [0.717, 1.165) is 5.56 Å². The van der Waals surface area contributed by atoms with Gasteiger partial charge in [0.15, 0.2) is 11.4 Å². The molecular weight excluding hydrogens is 422 g/mol. The molecule has 0 bridgehead atoms. The minimum absolute atomic E-state index is 0.0790. The lowest BCUT2D eigenvalue weighted by atomic mass is 10.1. The molecule has 3 rings (SSSR count). The number of aromatic nitrogens is 2. The van der Waals surface area contributed by atoms with Crippen LogP contribution in [-0.2, 0) is 22.5 Å². The standard InChI is InChI=1S/C21H20ClN5O4/c1-21(2,3)30-20(29)26-19-14-8-12(4-6-16(14)31-27-19)11-24-18(28)9-15-13(10-23)5-7-17(22)25-15/h4-8H,9,11H2,1-3H3,(H,24,28)(H,26,27,29). The Hall–Kier alpha value is -3.64. The second kappa shape index (κ2) is 9.02. The van der Waals surface area contributed by atoms with Crippen LogP contribution >= 0.6 is 11.6 Å². The first kappa shape index (κ1) is 22.1. The van der Waals surface area contributed by atoms with Crippen LogP contribution in [-0.4, -0.2) is 27.7 Å². The first-order valence-corrected chi connectivity index (χ1v) is 9.73. The molecule has 0 aliphatic carbocycles. The molecule has 0 spiro atoms. The summed E-state index contributed by atoms with van der Waals surface area (Å²) >= 11 is 5.86. The van der Waals surface area contributed by atoms with Gasteiger partial charge in [-0.2, -0.15) is 5.26 Å². The maximum Gasteiger partial charge on any atom is 0.413 e. The number of benzene rings is 1. The quantitative estimate of drug-likeness (QED) is 0.573. The fourth-order valence-electron chi connectivity index (χ4n) is 2.71. The summed E-state index contributed by atoms with van der Waals surface area (Å²) in [4.78, 5) is 28.4. The van der Waals surface area contributed by atoms with Crippen molar-refractivity contribution in [1.82, 2.24) is 15.5 Å². The van der Waals surface area contributed by atoms with Crippen molar-refractivity contribution in [2.24, 2.45) is 0 Å². The highest BCUT2D eigenvalue weighted by Crippen LogP contribution is 2.24. The molecule has 0 saturated heterocycles. The van der Waals surface area contributed by atoms with Crippen molar-refractivity contribution in [2.75, 3.05) is 5.32 Å². The van der Waals surface area contributed by atoms with Crippen LogP contribution in [0, 0.1) is 11.3 Å². The number of halogens is 1. The Labute approximate surface area is 183 Å². The number of anilines is 1. The molecular formula is C21H20ClN5O4. The highest BCUT2D eigenvalue weighted by Gasteiger charge is 2.19. The summed E-state index contributed by atoms with van der Waals surface area (Å²) in [5.74, 6) is -0.0944. The Kier molecular flexibility index (Phi) is 6.42. The zero-order chi connectivity index (χ0) is 22.6. The van der Waals surface area contributed by atoms with E-state index >= 15 is 0 Å². The third-order valence-corrected chi connectivity index (χ3v) is 4.24. The van der Waals surface area contributed by atoms with Gasteiger partial charge in [0.25, 0.3) is 0 Å². The van der Waals surface area contributed by atoms with Crippen LogP contribution in [0.25, 0.3) is 11.0 Å². The molecule has 0 radical (unpaired) electrons. The molecule has 0 unspecified atom stereocenters. The molecule has 0 saturated carbocycles. The van der Waals surface area contributed by atoms with E-state index in [-0.39, 0.29) is 29.8 Å². The summed E-state index contributed by atoms with van der Waals surface area (Å²) in [5, 5.41) is 19.1. The first-order chi connectivity index (χ1) is 14.6. The SMILES string of the molecule is CC(C)(C)OC(=O)Nc1noc2ccc(CNC(=O)Cc3nc(Cl)ccc3C#N)cc12. The Balaban J connectivity index is 1.67. The Morgan fingerprint density at radius 3 is 2.74 bits per heavy atom. The van der Waals surface area contributed by atoms with Crippen LogP contribution < -0.4 is 10.6 Å². The number of ether oxygens (including phenoxy) is 1. The average molecular weight is 442 g/mol. The summed E-state index contributed by atoms with van der Waals surface area (Å²) in [6.07, 6.45) is -0.728. The lowest BCUT2D eigenvalue weighted by Gasteiger charge is -2.19. The maximum atomic E-state index is 12.3. The van der Waals surface area contributed by atoms with E-state index in [9.17, 15) is 9.59 Å². The van der Waals surface area contributed by atoms with Gasteiger partial charge < -0.3 is 14.6 Å². The molecule has 0 fully saturated rings. The van der Waals surface area contributed by atoms with Crippen LogP contribution in [0.4, 0.5) is 10.6 Å². The molecule has 3 aromatic rings. The second-order valence-electron chi connectivity index (χ2n) is 7.68. The van der Waals surface area contributed by atoms with Gasteiger partial charge in [-0.05, 0) is 50.6 Å². The highest BCUT2D eigenvalue weighted by atomic mass is 35.5. The minimum Gasteiger partial charge on any atom is -0.444 e. The molecule has 0 aliphatic rings. The van der Waals surface area contributed by atoms with Crippen molar-refractivity contribution in [2.45, 2.75) is 39.3 Å². The summed E-state index contributed by atoms with van der Waals surface area (Å²) in [6, 6.07) is 10.2. The number of hydrogen-bond donors (Lipinski definition) is 2. The van der Waals surface area contributed by atoms with E-state index in [1.807, 2.05) is 6.07 Å². The maximum absolute atomic E-state index is 12.3. The molecule has 2 amide bonds. The number of nitriles is 1. The van der Waals surface area contributed by atoms with Gasteiger partial charge in [0.2, 0.25) is 5.91 Å². The predicted octanol–water partition coefficient (Wildman–Crippen LogP) is 3.95. The Morgan fingerprint density at radius 1 is 1.26 bits per heavy atom. The van der Waals surface area contributed by atoms with E-state index in [1.165, 1.54) is 12.1 Å². The fraction of sp³-hybridized carbons (Fsp3) is 0.286. The average Bonchev–Trinajstić information content (AvgIpc) is 3.07. The molecule has 9 nitrogen and oxygen atoms in total. The molecule has 1 aromatic carbocycles. The van der Waals surface area contributed by atoms with Crippen molar-refractivity contribution >= 4 is 40.4 Å². The summed E-state index contributed by atoms with van der Waals surface area (Å²) in [5.41, 5.74) is 1.19. The lowest BCUT2D eigenvalue weighted by Crippen LogP contribution is -2.27. The van der Waals surface area contributed by atoms with Gasteiger partial charge in [-0.1, -0.05) is 22.8 Å². The largest absolute Gasteiger partial charge is 0.444 e. The van der Waals surface area contributed by atoms with Gasteiger partial charge in [0.05, 0.1) is 23.1 Å². The summed E-state index contributed by atoms with van der Waals surface area (Å²) in [6.45, 7) is 5.49. The third kappa shape index (κ3) is 5.93. The van der Waals surface area contributed by atoms with Crippen LogP contribution in [0.1, 0.15) is 37.6 Å². The van der Waals surface area contributed by atoms with Crippen molar-refractivity contribution < 1.29 is 18.8 Å². The molecule has 2 heterocycles. The zero-order valence-electron chi connectivity index (χ0n) is 17.2. The Morgan fingerprint density at radius 2 is 2.03 bits per heavy atom. The number of carbonyl (C=O) groups is 2. The van der Waals surface area contributed by atoms with Crippen LogP contribution in [0.5, 0.6) is 0 Å². The second-order valence-corrected chi connectivity index (χ2v) is 8.07. The van der Waals surface area contributed by atoms with Crippen LogP contribution in [0.3, 0.4) is 0 Å². The number of rotatable bonds is 5. The van der Waals surface area contributed by atoms with E-state index in [4.69, 9.17) is 26.1 Å². The Bertz CT molecular complexity index is 1180. The summed E-state index contributed by atoms with van der Waals surface area (Å²) in [7, 11) is 0. The van der Waals surface area contributed by atoms with Gasteiger partial charge in [0.1, 0.15) is 16.8 Å². The van der Waals surface area contributed by atoms with Gasteiger partial charge in [-0.15, -0.1) is 0 Å². The predicted molar refractivity (Wildman–Crippen MR) is 113 cm³/mol. The van der Waals surface area contributed by atoms with Gasteiger partial charge in [-0.3, -0.25) is 10.1 Å². The first-order valence-electron chi connectivity index (χ1n) is 9.35. The topological polar surface area (TPSA) is 130 Å². The van der Waals surface area contributed by atoms with Crippen molar-refractivity contribution in [1.29, 1.82) is 5.26 Å². The number of amides is 2. The summed E-state index contributed by atoms with van der Waals surface area (Å²) < 4.78 is 10.4. The molecule has 160 valence electrons. The van der Waals surface area contributed by atoms with Crippen molar-refractivity contribution in [3.8, 4) is 6.07 Å². The van der Waals surface area contributed by atoms with E-state index in [1.54, 1.807) is 39.0 Å². The highest BCUT2D eigenvalue weighted by molar-refractivity contribution is 6.29. The van der Waals surface area contributed by atoms with Crippen LogP contribution in [0.15, 0.2) is 34.9 Å². The van der Waals surface area contributed by atoms with Crippen molar-refractivity contribution in [3.05, 3.63) is 52.3 Å². The van der Waals surface area contributed by atoms with E-state index < -0.39 is 11.7 Å². The number of pyridine rings is 1. The molecule has 2 aromatic heterocycles. The third-order valence-electron chi connectivity index (χ3n) is 4.03. The van der Waals surface area contributed by atoms with Gasteiger partial charge in [-0.25, -0.2) is 9.78 Å². The van der Waals surface area contributed by atoms with Crippen LogP contribution in [0.2, 0.25) is 5.15 Å². The number of fused-ring (bicyclic) bond motifs is 1. The monoisotopic (exact) mass is 441 g/mol. The number of hydrogen-bond acceptors (Lipinski definition) is 7. The van der Waals surface area contributed by atoms with Crippen molar-refractivity contribution in [3.63, 3.8) is 0 Å². The van der Waals surface area contributed by atoms with E-state index in [0.29, 0.717) is 22.2 Å². The van der Waals surface area contributed by atoms with Gasteiger partial charge >= 0.3 is 6.09 Å². The zero-order valence-corrected chi connectivity index (χ0v) is 17.9. The number of nitrogens with zero attached hydrogens (tertiary/aromatic N) is 3. The number of nitrogens with one attached hydrogen (secondary N) is 2. The minimum atomic E-state index is -0.650. The normalized spacial score (nSPS) is 11.1. The lowest BCUT2D eigenvalue weighted by molar-refractivity contribution is -0.120. The smallest absolute Gasteiger partial charge is 0.413 e. The van der Waals surface area contributed by atoms with E-state index in [2.05, 4.69) is 20.8 Å². The molecule has 2 N–H and O–H groups in total.